The van der Waals surface area contributed by atoms with Gasteiger partial charge in [-0.1, -0.05) is 30.3 Å². The number of rotatable bonds is 7. The molecule has 2 aromatic rings. The van der Waals surface area contributed by atoms with E-state index in [1.807, 2.05) is 6.07 Å². The molecule has 2 fully saturated rings. The van der Waals surface area contributed by atoms with Gasteiger partial charge in [0, 0.05) is 58.3 Å². The van der Waals surface area contributed by atoms with Crippen LogP contribution in [0.5, 0.6) is 0 Å². The largest absolute Gasteiger partial charge is 0.352 e. The molecule has 176 valence electrons. The smallest absolute Gasteiger partial charge is 0.274 e. The summed E-state index contributed by atoms with van der Waals surface area (Å²) < 4.78 is 1.18. The number of nitrogens with zero attached hydrogens (tertiary/aromatic N) is 4. The molecule has 2 aliphatic rings. The van der Waals surface area contributed by atoms with Gasteiger partial charge in [-0.3, -0.25) is 19.3 Å². The van der Waals surface area contributed by atoms with Gasteiger partial charge in [-0.15, -0.1) is 0 Å². The van der Waals surface area contributed by atoms with Crippen LogP contribution in [0.15, 0.2) is 47.3 Å². The molecule has 1 N–H and O–H groups in total. The highest BCUT2D eigenvalue weighted by Crippen LogP contribution is 2.23. The van der Waals surface area contributed by atoms with Gasteiger partial charge in [-0.25, -0.2) is 4.68 Å². The van der Waals surface area contributed by atoms with Crippen molar-refractivity contribution in [1.29, 1.82) is 0 Å². The molecule has 1 aromatic heterocycles. The fourth-order valence-corrected chi connectivity index (χ4v) is 4.77. The lowest BCUT2D eigenvalue weighted by molar-refractivity contribution is -0.122. The Morgan fingerprint density at radius 3 is 2.52 bits per heavy atom. The van der Waals surface area contributed by atoms with Crippen LogP contribution >= 0.6 is 0 Å². The summed E-state index contributed by atoms with van der Waals surface area (Å²) in [6.07, 6.45) is 4.17. The Balaban J connectivity index is 1.15. The number of hydrogen-bond donors (Lipinski definition) is 1. The predicted octanol–water partition coefficient (Wildman–Crippen LogP) is 1.80. The number of amides is 2. The van der Waals surface area contributed by atoms with Crippen LogP contribution in [-0.2, 0) is 18.4 Å². The van der Waals surface area contributed by atoms with E-state index in [0.29, 0.717) is 31.1 Å². The molecule has 8 heteroatoms. The first-order valence-electron chi connectivity index (χ1n) is 11.9. The first-order chi connectivity index (χ1) is 16.0. The Morgan fingerprint density at radius 1 is 1.03 bits per heavy atom. The Kier molecular flexibility index (Phi) is 7.54. The van der Waals surface area contributed by atoms with Crippen molar-refractivity contribution < 1.29 is 9.59 Å². The molecule has 0 spiro atoms. The highest BCUT2D eigenvalue weighted by Gasteiger charge is 2.27. The second kappa shape index (κ2) is 10.7. The van der Waals surface area contributed by atoms with Crippen LogP contribution in [0.4, 0.5) is 0 Å². The topological polar surface area (TPSA) is 87.5 Å². The van der Waals surface area contributed by atoms with Gasteiger partial charge in [0.2, 0.25) is 5.91 Å². The third-order valence-corrected chi connectivity index (χ3v) is 6.75. The van der Waals surface area contributed by atoms with E-state index in [1.165, 1.54) is 22.4 Å². The SMILES string of the molecule is Cn1nc(C(=O)N2CCC(CCC(=O)N[C@H]3CCN(Cc4ccccc4)C3)CC2)ccc1=O. The second-order valence-electron chi connectivity index (χ2n) is 9.23. The molecule has 1 atom stereocenters. The van der Waals surface area contributed by atoms with Crippen LogP contribution in [0.2, 0.25) is 0 Å². The van der Waals surface area contributed by atoms with E-state index in [1.54, 1.807) is 11.9 Å². The molecular formula is C25H33N5O3. The van der Waals surface area contributed by atoms with Crippen molar-refractivity contribution in [1.82, 2.24) is 24.9 Å². The summed E-state index contributed by atoms with van der Waals surface area (Å²) in [5.41, 5.74) is 1.37. The zero-order valence-electron chi connectivity index (χ0n) is 19.3. The molecule has 4 rings (SSSR count). The molecule has 3 heterocycles. The summed E-state index contributed by atoms with van der Waals surface area (Å²) in [6, 6.07) is 13.5. The second-order valence-corrected chi connectivity index (χ2v) is 9.23. The molecule has 2 saturated heterocycles. The van der Waals surface area contributed by atoms with E-state index < -0.39 is 0 Å². The number of aromatic nitrogens is 2. The Labute approximate surface area is 194 Å². The van der Waals surface area contributed by atoms with Crippen LogP contribution in [0, 0.1) is 5.92 Å². The van der Waals surface area contributed by atoms with Crippen molar-refractivity contribution in [3.63, 3.8) is 0 Å². The number of carbonyl (C=O) groups is 2. The fourth-order valence-electron chi connectivity index (χ4n) is 4.77. The van der Waals surface area contributed by atoms with E-state index in [9.17, 15) is 14.4 Å². The minimum atomic E-state index is -0.231. The van der Waals surface area contributed by atoms with E-state index in [2.05, 4.69) is 39.6 Å². The van der Waals surface area contributed by atoms with Crippen molar-refractivity contribution in [2.45, 2.75) is 44.7 Å². The number of nitrogens with one attached hydrogen (secondary N) is 1. The predicted molar refractivity (Wildman–Crippen MR) is 126 cm³/mol. The van der Waals surface area contributed by atoms with Crippen molar-refractivity contribution >= 4 is 11.8 Å². The lowest BCUT2D eigenvalue weighted by Gasteiger charge is -2.31. The maximum Gasteiger partial charge on any atom is 0.274 e. The average Bonchev–Trinajstić information content (AvgIpc) is 3.26. The van der Waals surface area contributed by atoms with Crippen LogP contribution in [0.3, 0.4) is 0 Å². The molecule has 33 heavy (non-hydrogen) atoms. The summed E-state index contributed by atoms with van der Waals surface area (Å²) in [6.45, 7) is 4.16. The molecular weight excluding hydrogens is 418 g/mol. The highest BCUT2D eigenvalue weighted by atomic mass is 16.2. The number of carbonyl (C=O) groups excluding carboxylic acids is 2. The van der Waals surface area contributed by atoms with Gasteiger partial charge < -0.3 is 10.2 Å². The Morgan fingerprint density at radius 2 is 1.79 bits per heavy atom. The summed E-state index contributed by atoms with van der Waals surface area (Å²) in [5.74, 6) is 0.448. The maximum absolute atomic E-state index is 12.7. The van der Waals surface area contributed by atoms with Gasteiger partial charge in [0.15, 0.2) is 0 Å². The minimum Gasteiger partial charge on any atom is -0.352 e. The van der Waals surface area contributed by atoms with Gasteiger partial charge in [0.25, 0.3) is 11.5 Å². The number of benzene rings is 1. The number of aryl methyl sites for hydroxylation is 1. The zero-order chi connectivity index (χ0) is 23.2. The van der Waals surface area contributed by atoms with Gasteiger partial charge in [-0.05, 0) is 43.2 Å². The molecule has 0 radical (unpaired) electrons. The number of hydrogen-bond acceptors (Lipinski definition) is 5. The van der Waals surface area contributed by atoms with Crippen molar-refractivity contribution in [3.05, 3.63) is 64.1 Å². The summed E-state index contributed by atoms with van der Waals surface area (Å²) >= 11 is 0. The fraction of sp³-hybridized carbons (Fsp3) is 0.520. The monoisotopic (exact) mass is 451 g/mol. The molecule has 2 aliphatic heterocycles. The van der Waals surface area contributed by atoms with E-state index in [-0.39, 0.29) is 23.4 Å². The van der Waals surface area contributed by atoms with E-state index in [0.717, 1.165) is 45.3 Å². The Bertz CT molecular complexity index is 1010. The van der Waals surface area contributed by atoms with Gasteiger partial charge in [0.1, 0.15) is 5.69 Å². The van der Waals surface area contributed by atoms with Crippen molar-refractivity contribution in [3.8, 4) is 0 Å². The average molecular weight is 452 g/mol. The lowest BCUT2D eigenvalue weighted by atomic mass is 9.92. The molecule has 8 nitrogen and oxygen atoms in total. The van der Waals surface area contributed by atoms with Crippen molar-refractivity contribution in [2.24, 2.45) is 13.0 Å². The van der Waals surface area contributed by atoms with Crippen LogP contribution in [0.25, 0.3) is 0 Å². The normalized spacial score (nSPS) is 19.5. The van der Waals surface area contributed by atoms with Gasteiger partial charge >= 0.3 is 0 Å². The molecule has 2 amide bonds. The van der Waals surface area contributed by atoms with E-state index >= 15 is 0 Å². The maximum atomic E-state index is 12.7. The standard InChI is InChI=1S/C25H33N5O3/c1-28-24(32)10-8-22(27-28)25(33)30-15-11-19(12-16-30)7-9-23(31)26-21-13-14-29(18-21)17-20-5-3-2-4-6-20/h2-6,8,10,19,21H,7,9,11-18H2,1H3,(H,26,31)/t21-/m0/s1. The highest BCUT2D eigenvalue weighted by molar-refractivity contribution is 5.92. The third-order valence-electron chi connectivity index (χ3n) is 6.75. The zero-order valence-corrected chi connectivity index (χ0v) is 19.3. The molecule has 0 bridgehead atoms. The lowest BCUT2D eigenvalue weighted by Crippen LogP contribution is -2.40. The van der Waals surface area contributed by atoms with Gasteiger partial charge in [-0.2, -0.15) is 5.10 Å². The molecule has 0 unspecified atom stereocenters. The number of likely N-dealkylation sites (tertiary alicyclic amines) is 2. The first kappa shape index (κ1) is 23.2. The molecule has 0 saturated carbocycles. The van der Waals surface area contributed by atoms with Crippen molar-refractivity contribution in [2.75, 3.05) is 26.2 Å². The van der Waals surface area contributed by atoms with Crippen LogP contribution < -0.4 is 10.9 Å². The van der Waals surface area contributed by atoms with Crippen LogP contribution in [0.1, 0.15) is 48.2 Å². The number of piperidine rings is 1. The molecule has 0 aliphatic carbocycles. The molecule has 1 aromatic carbocycles. The minimum absolute atomic E-state index is 0.134. The Hall–Kier alpha value is -3.00. The quantitative estimate of drug-likeness (QED) is 0.694. The first-order valence-corrected chi connectivity index (χ1v) is 11.9. The summed E-state index contributed by atoms with van der Waals surface area (Å²) in [4.78, 5) is 40.8. The summed E-state index contributed by atoms with van der Waals surface area (Å²) in [5, 5.41) is 7.27. The summed E-state index contributed by atoms with van der Waals surface area (Å²) in [7, 11) is 1.54. The van der Waals surface area contributed by atoms with Gasteiger partial charge in [0.05, 0.1) is 0 Å². The van der Waals surface area contributed by atoms with Crippen LogP contribution in [-0.4, -0.2) is 63.6 Å². The third kappa shape index (κ3) is 6.28. The van der Waals surface area contributed by atoms with E-state index in [4.69, 9.17) is 0 Å².